The van der Waals surface area contributed by atoms with E-state index in [9.17, 15) is 9.59 Å². The zero-order valence-electron chi connectivity index (χ0n) is 7.87. The number of methoxy groups -OCH3 is 1. The molecule has 0 aromatic heterocycles. The van der Waals surface area contributed by atoms with Crippen LogP contribution in [0.25, 0.3) is 0 Å². The van der Waals surface area contributed by atoms with Crippen LogP contribution in [-0.4, -0.2) is 30.6 Å². The third kappa shape index (κ3) is 1.78. The largest absolute Gasteiger partial charge is 0.451 e. The zero-order chi connectivity index (χ0) is 10.1. The Bertz CT molecular complexity index is 269. The quantitative estimate of drug-likeness (QED) is 0.585. The van der Waals surface area contributed by atoms with E-state index >= 15 is 0 Å². The van der Waals surface area contributed by atoms with Gasteiger partial charge in [-0.05, 0) is 19.1 Å². The van der Waals surface area contributed by atoms with E-state index in [1.54, 1.807) is 13.0 Å². The van der Waals surface area contributed by atoms with Gasteiger partial charge in [0.2, 0.25) is 0 Å². The summed E-state index contributed by atoms with van der Waals surface area (Å²) in [7, 11) is 1.47. The lowest BCUT2D eigenvalue weighted by atomic mass is 10.0. The Kier molecular flexibility index (Phi) is 2.52. The first-order valence-electron chi connectivity index (χ1n) is 3.95. The van der Waals surface area contributed by atoms with E-state index in [0.717, 1.165) is 0 Å². The van der Waals surface area contributed by atoms with Crippen LogP contribution in [0.1, 0.15) is 13.8 Å². The zero-order valence-corrected chi connectivity index (χ0v) is 7.87. The molecular formula is C9H12O4. The smallest absolute Gasteiger partial charge is 0.303 e. The number of esters is 1. The highest BCUT2D eigenvalue weighted by Crippen LogP contribution is 2.26. The van der Waals surface area contributed by atoms with E-state index in [2.05, 4.69) is 0 Å². The number of rotatable bonds is 2. The van der Waals surface area contributed by atoms with Crippen molar-refractivity contribution in [2.24, 2.45) is 0 Å². The van der Waals surface area contributed by atoms with Crippen molar-refractivity contribution in [3.05, 3.63) is 12.2 Å². The number of carbonyl (C=O) groups is 2. The molecule has 0 N–H and O–H groups in total. The molecule has 4 heteroatoms. The highest BCUT2D eigenvalue weighted by molar-refractivity contribution is 5.99. The van der Waals surface area contributed by atoms with Crippen LogP contribution in [0.4, 0.5) is 0 Å². The minimum Gasteiger partial charge on any atom is -0.451 e. The van der Waals surface area contributed by atoms with Crippen LogP contribution in [0.15, 0.2) is 12.2 Å². The molecule has 0 aromatic rings. The van der Waals surface area contributed by atoms with Crippen molar-refractivity contribution in [3.8, 4) is 0 Å². The lowest BCUT2D eigenvalue weighted by molar-refractivity contribution is -0.162. The Morgan fingerprint density at radius 2 is 2.23 bits per heavy atom. The summed E-state index contributed by atoms with van der Waals surface area (Å²) >= 11 is 0. The first kappa shape index (κ1) is 9.92. The Morgan fingerprint density at radius 3 is 2.69 bits per heavy atom. The molecule has 0 unspecified atom stereocenters. The van der Waals surface area contributed by atoms with Crippen LogP contribution in [0.3, 0.4) is 0 Å². The minimum atomic E-state index is -0.838. The second-order valence-corrected chi connectivity index (χ2v) is 3.11. The average molecular weight is 184 g/mol. The van der Waals surface area contributed by atoms with Gasteiger partial charge in [0.25, 0.3) is 0 Å². The summed E-state index contributed by atoms with van der Waals surface area (Å²) in [6, 6.07) is 0. The Labute approximate surface area is 76.5 Å². The van der Waals surface area contributed by atoms with Gasteiger partial charge in [0, 0.05) is 14.0 Å². The predicted molar refractivity (Wildman–Crippen MR) is 45.1 cm³/mol. The van der Waals surface area contributed by atoms with Gasteiger partial charge >= 0.3 is 5.97 Å². The van der Waals surface area contributed by atoms with Crippen molar-refractivity contribution in [1.82, 2.24) is 0 Å². The summed E-state index contributed by atoms with van der Waals surface area (Å²) < 4.78 is 9.95. The van der Waals surface area contributed by atoms with Crippen molar-refractivity contribution >= 4 is 11.8 Å². The molecule has 72 valence electrons. The molecular weight excluding hydrogens is 172 g/mol. The number of ketones is 1. The predicted octanol–water partition coefficient (Wildman–Crippen LogP) is 0.462. The summed E-state index contributed by atoms with van der Waals surface area (Å²) in [6.07, 6.45) is 2.13. The molecule has 1 aliphatic carbocycles. The van der Waals surface area contributed by atoms with Gasteiger partial charge in [-0.25, -0.2) is 0 Å². The van der Waals surface area contributed by atoms with Gasteiger partial charge in [-0.3, -0.25) is 9.59 Å². The molecule has 0 saturated carbocycles. The maximum Gasteiger partial charge on any atom is 0.303 e. The number of hydrogen-bond donors (Lipinski definition) is 0. The van der Waals surface area contributed by atoms with E-state index in [-0.39, 0.29) is 5.78 Å². The van der Waals surface area contributed by atoms with Gasteiger partial charge in [0.05, 0.1) is 0 Å². The molecule has 0 radical (unpaired) electrons. The van der Waals surface area contributed by atoms with E-state index < -0.39 is 17.7 Å². The van der Waals surface area contributed by atoms with Gasteiger partial charge in [0.15, 0.2) is 11.9 Å². The summed E-state index contributed by atoms with van der Waals surface area (Å²) in [5.41, 5.74) is -0.817. The molecule has 0 heterocycles. The number of hydrogen-bond acceptors (Lipinski definition) is 4. The molecule has 0 saturated heterocycles. The van der Waals surface area contributed by atoms with Crippen molar-refractivity contribution in [2.45, 2.75) is 25.6 Å². The first-order chi connectivity index (χ1) is 5.99. The van der Waals surface area contributed by atoms with Gasteiger partial charge in [0.1, 0.15) is 5.60 Å². The first-order valence-corrected chi connectivity index (χ1v) is 3.95. The van der Waals surface area contributed by atoms with Gasteiger partial charge in [-0.15, -0.1) is 0 Å². The van der Waals surface area contributed by atoms with Crippen LogP contribution in [0, 0.1) is 0 Å². The van der Waals surface area contributed by atoms with Crippen molar-refractivity contribution in [3.63, 3.8) is 0 Å². The molecule has 0 amide bonds. The maximum absolute atomic E-state index is 11.2. The molecule has 0 aliphatic heterocycles. The van der Waals surface area contributed by atoms with Gasteiger partial charge in [-0.2, -0.15) is 0 Å². The average Bonchev–Trinajstić information content (AvgIpc) is 2.33. The van der Waals surface area contributed by atoms with E-state index in [4.69, 9.17) is 9.47 Å². The lowest BCUT2D eigenvalue weighted by Crippen LogP contribution is -2.42. The normalized spacial score (nSPS) is 32.2. The van der Waals surface area contributed by atoms with E-state index in [1.165, 1.54) is 20.1 Å². The monoisotopic (exact) mass is 184 g/mol. The molecule has 4 nitrogen and oxygen atoms in total. The van der Waals surface area contributed by atoms with E-state index in [1.807, 2.05) is 0 Å². The summed E-state index contributed by atoms with van der Waals surface area (Å²) in [4.78, 5) is 21.9. The summed E-state index contributed by atoms with van der Waals surface area (Å²) in [6.45, 7) is 2.96. The topological polar surface area (TPSA) is 52.6 Å². The van der Waals surface area contributed by atoms with Crippen molar-refractivity contribution in [1.29, 1.82) is 0 Å². The molecule has 13 heavy (non-hydrogen) atoms. The third-order valence-electron chi connectivity index (χ3n) is 2.08. The minimum absolute atomic E-state index is 0.237. The molecule has 1 aliphatic rings. The fourth-order valence-corrected chi connectivity index (χ4v) is 1.22. The van der Waals surface area contributed by atoms with Crippen LogP contribution in [0.2, 0.25) is 0 Å². The second kappa shape index (κ2) is 3.30. The molecule has 0 spiro atoms. The van der Waals surface area contributed by atoms with Gasteiger partial charge < -0.3 is 9.47 Å². The van der Waals surface area contributed by atoms with E-state index in [0.29, 0.717) is 0 Å². The highest BCUT2D eigenvalue weighted by atomic mass is 16.6. The SMILES string of the molecule is CO[C@@]1(C)C=CC(=O)[C@@H]1OC(C)=O. The highest BCUT2D eigenvalue weighted by Gasteiger charge is 2.43. The van der Waals surface area contributed by atoms with Crippen LogP contribution >= 0.6 is 0 Å². The van der Waals surface area contributed by atoms with Crippen LogP contribution in [-0.2, 0) is 19.1 Å². The van der Waals surface area contributed by atoms with Crippen molar-refractivity contribution in [2.75, 3.05) is 7.11 Å². The molecule has 0 bridgehead atoms. The van der Waals surface area contributed by atoms with Gasteiger partial charge in [-0.1, -0.05) is 0 Å². The fourth-order valence-electron chi connectivity index (χ4n) is 1.22. The Balaban J connectivity index is 2.81. The second-order valence-electron chi connectivity index (χ2n) is 3.11. The fraction of sp³-hybridized carbons (Fsp3) is 0.556. The molecule has 1 rings (SSSR count). The third-order valence-corrected chi connectivity index (χ3v) is 2.08. The molecule has 0 aromatic carbocycles. The van der Waals surface area contributed by atoms with Crippen LogP contribution in [0.5, 0.6) is 0 Å². The maximum atomic E-state index is 11.2. The Hall–Kier alpha value is -1.16. The number of ether oxygens (including phenoxy) is 2. The number of carbonyl (C=O) groups excluding carboxylic acids is 2. The summed E-state index contributed by atoms with van der Waals surface area (Å²) in [5.74, 6) is -0.718. The Morgan fingerprint density at radius 1 is 1.62 bits per heavy atom. The summed E-state index contributed by atoms with van der Waals surface area (Å²) in [5, 5.41) is 0. The lowest BCUT2D eigenvalue weighted by Gasteiger charge is -2.27. The van der Waals surface area contributed by atoms with Crippen molar-refractivity contribution < 1.29 is 19.1 Å². The standard InChI is InChI=1S/C9H12O4/c1-6(10)13-8-7(11)4-5-9(8,2)12-3/h4-5,8H,1-3H3/t8-,9-/m0/s1. The van der Waals surface area contributed by atoms with Crippen LogP contribution < -0.4 is 0 Å². The molecule has 0 fully saturated rings. The molecule has 2 atom stereocenters.